The highest BCUT2D eigenvalue weighted by molar-refractivity contribution is 6.34. The Balaban J connectivity index is 1.54. The highest BCUT2D eigenvalue weighted by Crippen LogP contribution is 2.30. The summed E-state index contributed by atoms with van der Waals surface area (Å²) in [5.41, 5.74) is 6.63. The first-order valence-corrected chi connectivity index (χ1v) is 11.7. The van der Waals surface area contributed by atoms with Crippen molar-refractivity contribution in [2.24, 2.45) is 5.84 Å². The van der Waals surface area contributed by atoms with Crippen molar-refractivity contribution in [1.82, 2.24) is 15.4 Å². The van der Waals surface area contributed by atoms with Gasteiger partial charge in [-0.1, -0.05) is 29.8 Å². The van der Waals surface area contributed by atoms with Crippen LogP contribution < -0.4 is 21.6 Å². The van der Waals surface area contributed by atoms with Gasteiger partial charge < -0.3 is 15.4 Å². The Morgan fingerprint density at radius 3 is 2.78 bits per heavy atom. The highest BCUT2D eigenvalue weighted by atomic mass is 35.5. The van der Waals surface area contributed by atoms with E-state index in [1.54, 1.807) is 38.4 Å². The van der Waals surface area contributed by atoms with Crippen LogP contribution in [0.3, 0.4) is 0 Å². The normalized spacial score (nSPS) is 11.8. The monoisotopic (exact) mass is 506 g/mol. The number of benzene rings is 2. The Morgan fingerprint density at radius 1 is 1.19 bits per heavy atom. The zero-order valence-corrected chi connectivity index (χ0v) is 20.7. The van der Waals surface area contributed by atoms with E-state index in [4.69, 9.17) is 27.3 Å². The maximum absolute atomic E-state index is 12.3. The molecule has 0 saturated heterocycles. The molecule has 4 aromatic rings. The molecule has 0 bridgehead atoms. The fraction of sp³-hybridized carbons (Fsp3) is 0.192. The maximum Gasteiger partial charge on any atom is 0.276 e. The van der Waals surface area contributed by atoms with Crippen molar-refractivity contribution in [2.75, 3.05) is 24.0 Å². The molecule has 2 heterocycles. The third-order valence-corrected chi connectivity index (χ3v) is 5.69. The van der Waals surface area contributed by atoms with Gasteiger partial charge in [0.1, 0.15) is 6.61 Å². The summed E-state index contributed by atoms with van der Waals surface area (Å²) in [6.07, 6.45) is 1.07. The number of pyridine rings is 2. The molecule has 0 aliphatic heterocycles. The van der Waals surface area contributed by atoms with Gasteiger partial charge in [0, 0.05) is 30.7 Å². The van der Waals surface area contributed by atoms with Gasteiger partial charge in [0.15, 0.2) is 5.82 Å². The van der Waals surface area contributed by atoms with E-state index in [9.17, 15) is 9.90 Å². The van der Waals surface area contributed by atoms with E-state index in [0.29, 0.717) is 18.1 Å². The average Bonchev–Trinajstić information content (AvgIpc) is 2.86. The first-order valence-electron chi connectivity index (χ1n) is 11.3. The smallest absolute Gasteiger partial charge is 0.276 e. The maximum atomic E-state index is 12.3. The van der Waals surface area contributed by atoms with Gasteiger partial charge in [0.2, 0.25) is 0 Å². The average molecular weight is 507 g/mol. The zero-order valence-electron chi connectivity index (χ0n) is 19.9. The summed E-state index contributed by atoms with van der Waals surface area (Å²) in [5, 5.41) is 15.4. The number of rotatable bonds is 9. The fourth-order valence-electron chi connectivity index (χ4n) is 3.59. The molecule has 0 spiro atoms. The lowest BCUT2D eigenvalue weighted by atomic mass is 10.1. The molecule has 0 unspecified atom stereocenters. The lowest BCUT2D eigenvalue weighted by Crippen LogP contribution is -2.27. The van der Waals surface area contributed by atoms with Crippen molar-refractivity contribution >= 4 is 39.9 Å². The number of nitrogens with two attached hydrogens (primary N) is 1. The molecule has 5 N–H and O–H groups in total. The van der Waals surface area contributed by atoms with Crippen molar-refractivity contribution in [3.8, 4) is 11.3 Å². The molecule has 4 rings (SSSR count). The second-order valence-electron chi connectivity index (χ2n) is 8.34. The molecule has 1 amide bonds. The van der Waals surface area contributed by atoms with E-state index in [2.05, 4.69) is 21.8 Å². The quantitative estimate of drug-likeness (QED) is 0.199. The number of aromatic nitrogens is 2. The second kappa shape index (κ2) is 11.3. The van der Waals surface area contributed by atoms with E-state index in [1.807, 2.05) is 36.4 Å². The van der Waals surface area contributed by atoms with E-state index in [1.165, 1.54) is 5.01 Å². The Kier molecular flexibility index (Phi) is 7.97. The number of nitrogens with one attached hydrogen (secondary N) is 2. The molecule has 2 aromatic carbocycles. The number of halogens is 1. The molecule has 9 nitrogen and oxygen atoms in total. The minimum absolute atomic E-state index is 0.0286. The van der Waals surface area contributed by atoms with Crippen LogP contribution in [0.2, 0.25) is 5.02 Å². The molecule has 10 heteroatoms. The Labute approximate surface area is 213 Å². The zero-order chi connectivity index (χ0) is 25.7. The predicted molar refractivity (Wildman–Crippen MR) is 141 cm³/mol. The van der Waals surface area contributed by atoms with Crippen LogP contribution in [0.15, 0.2) is 66.9 Å². The molecule has 0 saturated carbocycles. The molecule has 0 aliphatic carbocycles. The summed E-state index contributed by atoms with van der Waals surface area (Å²) >= 11 is 6.38. The number of anilines is 2. The fourth-order valence-corrected chi connectivity index (χ4v) is 3.86. The summed E-state index contributed by atoms with van der Waals surface area (Å²) < 4.78 is 0. The number of hydroxylamine groups is 1. The lowest BCUT2D eigenvalue weighted by Gasteiger charge is -2.18. The number of carbonyl (C=O) groups is 1. The Bertz CT molecular complexity index is 1380. The van der Waals surface area contributed by atoms with Crippen molar-refractivity contribution < 1.29 is 14.7 Å². The van der Waals surface area contributed by atoms with Crippen LogP contribution in [0.25, 0.3) is 22.2 Å². The molecular weight excluding hydrogens is 480 g/mol. The van der Waals surface area contributed by atoms with Crippen LogP contribution in [0.5, 0.6) is 0 Å². The van der Waals surface area contributed by atoms with E-state index >= 15 is 0 Å². The van der Waals surface area contributed by atoms with Crippen LogP contribution in [-0.2, 0) is 11.4 Å². The standard InChI is InChI=1S/C26H27ClN6O3/c1-16(34)15-36-32-26(35)20-7-6-19(13-21(20)27)23-9-10-24(33(2)28)25(31-23)30-14-17-5-8-22-18(12-17)4-3-11-29-22/h3-13,16,34H,14-15,28H2,1-2H3,(H,30,31)(H,32,35)/t16-/m1/s1. The van der Waals surface area contributed by atoms with Gasteiger partial charge >= 0.3 is 0 Å². The van der Waals surface area contributed by atoms with Crippen molar-refractivity contribution in [2.45, 2.75) is 19.6 Å². The van der Waals surface area contributed by atoms with Crippen LogP contribution in [-0.4, -0.2) is 40.7 Å². The first kappa shape index (κ1) is 25.3. The summed E-state index contributed by atoms with van der Waals surface area (Å²) in [4.78, 5) is 26.4. The van der Waals surface area contributed by atoms with Gasteiger partial charge in [0.05, 0.1) is 33.6 Å². The molecule has 0 radical (unpaired) electrons. The van der Waals surface area contributed by atoms with E-state index in [-0.39, 0.29) is 17.2 Å². The molecule has 36 heavy (non-hydrogen) atoms. The Morgan fingerprint density at radius 2 is 2.03 bits per heavy atom. The van der Waals surface area contributed by atoms with Crippen molar-refractivity contribution in [1.29, 1.82) is 0 Å². The third-order valence-electron chi connectivity index (χ3n) is 5.38. The number of aliphatic hydroxyl groups is 1. The molecule has 1 atom stereocenters. The number of hydrazine groups is 1. The second-order valence-corrected chi connectivity index (χ2v) is 8.75. The molecular formula is C26H27ClN6O3. The van der Waals surface area contributed by atoms with E-state index < -0.39 is 12.0 Å². The minimum atomic E-state index is -0.703. The highest BCUT2D eigenvalue weighted by Gasteiger charge is 2.14. The minimum Gasteiger partial charge on any atom is -0.391 e. The van der Waals surface area contributed by atoms with Crippen LogP contribution in [0.4, 0.5) is 11.5 Å². The molecule has 0 aliphatic rings. The SMILES string of the molecule is C[C@@H](O)CONC(=O)c1ccc(-c2ccc(N(C)N)c(NCc3ccc4ncccc4c3)n2)cc1Cl. The lowest BCUT2D eigenvalue weighted by molar-refractivity contribution is -0.00686. The summed E-state index contributed by atoms with van der Waals surface area (Å²) in [7, 11) is 1.74. The van der Waals surface area contributed by atoms with E-state index in [0.717, 1.165) is 27.7 Å². The number of hydrogen-bond donors (Lipinski definition) is 4. The Hall–Kier alpha value is -3.76. The van der Waals surface area contributed by atoms with Crippen LogP contribution in [0.1, 0.15) is 22.8 Å². The van der Waals surface area contributed by atoms with Crippen LogP contribution >= 0.6 is 11.6 Å². The first-order chi connectivity index (χ1) is 17.3. The topological polar surface area (TPSA) is 126 Å². The molecule has 186 valence electrons. The third kappa shape index (κ3) is 6.07. The summed E-state index contributed by atoms with van der Waals surface area (Å²) in [6.45, 7) is 2.06. The molecule has 2 aromatic heterocycles. The number of hydrogen-bond acceptors (Lipinski definition) is 8. The van der Waals surface area contributed by atoms with Gasteiger partial charge in [0.25, 0.3) is 5.91 Å². The summed E-state index contributed by atoms with van der Waals surface area (Å²) in [5.74, 6) is 6.13. The van der Waals surface area contributed by atoms with Gasteiger partial charge in [-0.15, -0.1) is 0 Å². The number of nitrogens with zero attached hydrogens (tertiary/aromatic N) is 3. The van der Waals surface area contributed by atoms with Gasteiger partial charge in [-0.25, -0.2) is 16.3 Å². The number of fused-ring (bicyclic) bond motifs is 1. The predicted octanol–water partition coefficient (Wildman–Crippen LogP) is 3.91. The molecule has 0 fully saturated rings. The van der Waals surface area contributed by atoms with Gasteiger partial charge in [-0.2, -0.15) is 0 Å². The number of amides is 1. The van der Waals surface area contributed by atoms with Crippen molar-refractivity contribution in [3.05, 3.63) is 83.0 Å². The number of carbonyl (C=O) groups excluding carboxylic acids is 1. The van der Waals surface area contributed by atoms with Gasteiger partial charge in [-0.3, -0.25) is 14.6 Å². The summed E-state index contributed by atoms with van der Waals surface area (Å²) in [6, 6.07) is 18.7. The van der Waals surface area contributed by atoms with Crippen LogP contribution in [0, 0.1) is 0 Å². The van der Waals surface area contributed by atoms with Gasteiger partial charge in [-0.05, 0) is 55.0 Å². The largest absolute Gasteiger partial charge is 0.391 e. The van der Waals surface area contributed by atoms with Crippen molar-refractivity contribution in [3.63, 3.8) is 0 Å². The number of aliphatic hydroxyl groups excluding tert-OH is 1.